The maximum absolute atomic E-state index is 13.2. The van der Waals surface area contributed by atoms with Gasteiger partial charge < -0.3 is 19.2 Å². The molecule has 2 aliphatic rings. The van der Waals surface area contributed by atoms with Gasteiger partial charge in [0.2, 0.25) is 0 Å². The number of hydrogen-bond donors (Lipinski definition) is 0. The van der Waals surface area contributed by atoms with E-state index in [4.69, 9.17) is 9.47 Å². The number of fused-ring (bicyclic) bond motifs is 3. The second kappa shape index (κ2) is 8.36. The quantitative estimate of drug-likeness (QED) is 0.392. The summed E-state index contributed by atoms with van der Waals surface area (Å²) in [6.45, 7) is 12.3. The fourth-order valence-electron chi connectivity index (χ4n) is 5.23. The van der Waals surface area contributed by atoms with Crippen LogP contribution in [0.15, 0.2) is 30.9 Å². The van der Waals surface area contributed by atoms with Crippen molar-refractivity contribution in [3.63, 3.8) is 0 Å². The summed E-state index contributed by atoms with van der Waals surface area (Å²) in [5.74, 6) is -1.17. The molecule has 1 saturated heterocycles. The molecule has 0 spiro atoms. The van der Waals surface area contributed by atoms with Crippen LogP contribution in [0.1, 0.15) is 44.7 Å². The third kappa shape index (κ3) is 3.70. The largest absolute Gasteiger partial charge is 0.469 e. The van der Waals surface area contributed by atoms with Crippen molar-refractivity contribution in [1.29, 1.82) is 0 Å². The van der Waals surface area contributed by atoms with Crippen LogP contribution in [0.2, 0.25) is 0 Å². The summed E-state index contributed by atoms with van der Waals surface area (Å²) in [6.07, 6.45) is 2.16. The van der Waals surface area contributed by atoms with E-state index in [2.05, 4.69) is 11.5 Å². The number of anilines is 1. The molecule has 0 bridgehead atoms. The lowest BCUT2D eigenvalue weighted by Gasteiger charge is -2.41. The molecule has 1 aromatic rings. The van der Waals surface area contributed by atoms with Gasteiger partial charge in [0.05, 0.1) is 18.4 Å². The molecule has 1 fully saturated rings. The molecule has 2 aliphatic heterocycles. The van der Waals surface area contributed by atoms with E-state index in [9.17, 15) is 14.4 Å². The van der Waals surface area contributed by atoms with Crippen LogP contribution in [0.3, 0.4) is 0 Å². The van der Waals surface area contributed by atoms with Crippen LogP contribution >= 0.6 is 0 Å². The van der Waals surface area contributed by atoms with Crippen LogP contribution in [-0.4, -0.2) is 55.2 Å². The zero-order valence-electron chi connectivity index (χ0n) is 19.0. The van der Waals surface area contributed by atoms with E-state index in [0.717, 1.165) is 23.1 Å². The monoisotopic (exact) mass is 428 g/mol. The Morgan fingerprint density at radius 2 is 2.06 bits per heavy atom. The average molecular weight is 429 g/mol. The number of carbonyl (C=O) groups is 3. The first-order chi connectivity index (χ1) is 14.6. The summed E-state index contributed by atoms with van der Waals surface area (Å²) >= 11 is 0. The number of esters is 1. The van der Waals surface area contributed by atoms with Gasteiger partial charge in [-0.3, -0.25) is 9.69 Å². The number of hydrogen-bond acceptors (Lipinski definition) is 6. The third-order valence-electron chi connectivity index (χ3n) is 6.24. The van der Waals surface area contributed by atoms with Crippen molar-refractivity contribution in [2.24, 2.45) is 5.92 Å². The Hall–Kier alpha value is -2.83. The number of aldehydes is 1. The average Bonchev–Trinajstić information content (AvgIpc) is 3.20. The Kier molecular flexibility index (Phi) is 6.16. The normalized spacial score (nSPS) is 23.1. The number of amides is 1. The summed E-state index contributed by atoms with van der Waals surface area (Å²) in [5.41, 5.74) is 1.53. The van der Waals surface area contributed by atoms with Crippen LogP contribution in [0.4, 0.5) is 10.5 Å². The SMILES string of the molecule is C=CCN1c2c(C)cccc2[C@]2([C@@H](CC=O)C(=O)OC)CCN(C(=O)OC(C)(C)C)[C@H]12. The Labute approximate surface area is 184 Å². The summed E-state index contributed by atoms with van der Waals surface area (Å²) in [5, 5.41) is 0. The molecular weight excluding hydrogens is 396 g/mol. The third-order valence-corrected chi connectivity index (χ3v) is 6.24. The molecule has 0 aliphatic carbocycles. The predicted molar refractivity (Wildman–Crippen MR) is 118 cm³/mol. The molecule has 1 amide bonds. The van der Waals surface area contributed by atoms with Crippen LogP contribution < -0.4 is 4.90 Å². The van der Waals surface area contributed by atoms with Crippen molar-refractivity contribution in [3.05, 3.63) is 42.0 Å². The fraction of sp³-hybridized carbons (Fsp3) is 0.542. The molecule has 0 saturated carbocycles. The van der Waals surface area contributed by atoms with E-state index in [1.807, 2.05) is 45.9 Å². The maximum Gasteiger partial charge on any atom is 0.411 e. The number of benzene rings is 1. The first-order valence-corrected chi connectivity index (χ1v) is 10.6. The zero-order valence-corrected chi connectivity index (χ0v) is 19.0. The van der Waals surface area contributed by atoms with E-state index in [1.165, 1.54) is 7.11 Å². The van der Waals surface area contributed by atoms with Crippen LogP contribution in [-0.2, 0) is 24.5 Å². The van der Waals surface area contributed by atoms with Gasteiger partial charge in [-0.05, 0) is 45.2 Å². The fourth-order valence-corrected chi connectivity index (χ4v) is 5.23. The number of ether oxygens (including phenoxy) is 2. The molecule has 7 nitrogen and oxygen atoms in total. The molecule has 31 heavy (non-hydrogen) atoms. The number of carbonyl (C=O) groups excluding carboxylic acids is 3. The number of nitrogens with zero attached hydrogens (tertiary/aromatic N) is 2. The van der Waals surface area contributed by atoms with Gasteiger partial charge in [0, 0.05) is 25.2 Å². The molecular formula is C24H32N2O5. The zero-order chi connectivity index (χ0) is 23.0. The molecule has 0 aromatic heterocycles. The number of aryl methyl sites for hydroxylation is 1. The van der Waals surface area contributed by atoms with E-state index in [-0.39, 0.29) is 6.42 Å². The highest BCUT2D eigenvalue weighted by Crippen LogP contribution is 2.57. The molecule has 0 N–H and O–H groups in total. The first-order valence-electron chi connectivity index (χ1n) is 10.6. The van der Waals surface area contributed by atoms with Crippen molar-refractivity contribution >= 4 is 24.0 Å². The molecule has 1 aromatic carbocycles. The molecule has 0 radical (unpaired) electrons. The Balaban J connectivity index is 2.23. The Morgan fingerprint density at radius 1 is 1.35 bits per heavy atom. The van der Waals surface area contributed by atoms with Crippen molar-refractivity contribution in [1.82, 2.24) is 4.90 Å². The number of likely N-dealkylation sites (tertiary alicyclic amines) is 1. The van der Waals surface area contributed by atoms with Crippen LogP contribution in [0, 0.1) is 12.8 Å². The lowest BCUT2D eigenvalue weighted by molar-refractivity contribution is -0.149. The topological polar surface area (TPSA) is 76.2 Å². The van der Waals surface area contributed by atoms with Gasteiger partial charge in [0.25, 0.3) is 0 Å². The molecule has 3 rings (SSSR count). The summed E-state index contributed by atoms with van der Waals surface area (Å²) in [6, 6.07) is 5.96. The van der Waals surface area contributed by atoms with E-state index < -0.39 is 35.2 Å². The molecule has 3 atom stereocenters. The van der Waals surface area contributed by atoms with Gasteiger partial charge in [0.15, 0.2) is 0 Å². The van der Waals surface area contributed by atoms with Gasteiger partial charge in [-0.1, -0.05) is 24.3 Å². The summed E-state index contributed by atoms with van der Waals surface area (Å²) in [7, 11) is 1.33. The van der Waals surface area contributed by atoms with Crippen molar-refractivity contribution in [3.8, 4) is 0 Å². The molecule has 168 valence electrons. The van der Waals surface area contributed by atoms with E-state index in [1.54, 1.807) is 11.0 Å². The highest BCUT2D eigenvalue weighted by molar-refractivity contribution is 5.83. The minimum atomic E-state index is -0.782. The van der Waals surface area contributed by atoms with Gasteiger partial charge in [-0.2, -0.15) is 0 Å². The number of para-hydroxylation sites is 1. The van der Waals surface area contributed by atoms with Crippen molar-refractivity contribution < 1.29 is 23.9 Å². The van der Waals surface area contributed by atoms with Crippen LogP contribution in [0.25, 0.3) is 0 Å². The predicted octanol–water partition coefficient (Wildman–Crippen LogP) is 3.58. The van der Waals surface area contributed by atoms with Crippen LogP contribution in [0.5, 0.6) is 0 Å². The van der Waals surface area contributed by atoms with Crippen molar-refractivity contribution in [2.75, 3.05) is 25.1 Å². The minimum Gasteiger partial charge on any atom is -0.469 e. The summed E-state index contributed by atoms with van der Waals surface area (Å²) < 4.78 is 10.8. The Bertz CT molecular complexity index is 890. The smallest absolute Gasteiger partial charge is 0.411 e. The highest BCUT2D eigenvalue weighted by atomic mass is 16.6. The van der Waals surface area contributed by atoms with E-state index >= 15 is 0 Å². The number of rotatable bonds is 6. The summed E-state index contributed by atoms with van der Waals surface area (Å²) in [4.78, 5) is 41.6. The lowest BCUT2D eigenvalue weighted by atomic mass is 9.67. The molecule has 2 heterocycles. The van der Waals surface area contributed by atoms with Gasteiger partial charge in [-0.15, -0.1) is 6.58 Å². The minimum absolute atomic E-state index is 0.0145. The van der Waals surface area contributed by atoms with Crippen molar-refractivity contribution in [2.45, 2.75) is 57.7 Å². The lowest BCUT2D eigenvalue weighted by Crippen LogP contribution is -2.56. The highest BCUT2D eigenvalue weighted by Gasteiger charge is 2.64. The van der Waals surface area contributed by atoms with Gasteiger partial charge in [-0.25, -0.2) is 4.79 Å². The second-order valence-electron chi connectivity index (χ2n) is 9.23. The second-order valence-corrected chi connectivity index (χ2v) is 9.23. The van der Waals surface area contributed by atoms with Gasteiger partial charge >= 0.3 is 12.1 Å². The molecule has 7 heteroatoms. The van der Waals surface area contributed by atoms with E-state index in [0.29, 0.717) is 19.5 Å². The maximum atomic E-state index is 13.2. The standard InChI is InChI=1S/C24H32N2O5/c1-7-13-25-19-16(2)9-8-10-17(19)24(18(11-15-27)20(28)30-6)12-14-26(21(24)25)22(29)31-23(3,4)5/h7-10,15,18,21H,1,11-14H2,2-6H3/t18-,21-,24-/m0/s1. The Morgan fingerprint density at radius 3 is 2.65 bits per heavy atom. The molecule has 0 unspecified atom stereocenters. The first kappa shape index (κ1) is 22.8. The van der Waals surface area contributed by atoms with Gasteiger partial charge in [0.1, 0.15) is 18.1 Å². The number of methoxy groups -OCH3 is 1.